The zero-order valence-corrected chi connectivity index (χ0v) is 44.3. The van der Waals surface area contributed by atoms with Crippen molar-refractivity contribution in [3.63, 3.8) is 0 Å². The van der Waals surface area contributed by atoms with Crippen LogP contribution in [0.25, 0.3) is 11.0 Å². The summed E-state index contributed by atoms with van der Waals surface area (Å²) in [6.07, 6.45) is 10.3. The molecule has 404 valence electrons. The van der Waals surface area contributed by atoms with Crippen LogP contribution in [-0.4, -0.2) is 110 Å². The number of hydrogen-bond donors (Lipinski definition) is 3. The van der Waals surface area contributed by atoms with Gasteiger partial charge in [0, 0.05) is 113 Å². The number of nitro groups is 1. The molecule has 0 unspecified atom stereocenters. The van der Waals surface area contributed by atoms with Crippen molar-refractivity contribution >= 4 is 44.0 Å². The number of H-pyrrole nitrogens is 1. The Bertz CT molecular complexity index is 3310. The number of halogens is 1. The molecule has 1 amide bonds. The molecule has 2 aliphatic carbocycles. The number of alkyl halides is 1. The summed E-state index contributed by atoms with van der Waals surface area (Å²) >= 11 is 0. The van der Waals surface area contributed by atoms with Crippen molar-refractivity contribution in [1.82, 2.24) is 24.5 Å². The number of ether oxygens (including phenoxy) is 4. The van der Waals surface area contributed by atoms with E-state index in [1.807, 2.05) is 6.07 Å². The van der Waals surface area contributed by atoms with Gasteiger partial charge in [-0.2, -0.15) is 0 Å². The number of aromatic amines is 1. The van der Waals surface area contributed by atoms with E-state index in [4.69, 9.17) is 18.9 Å². The normalized spacial score (nSPS) is 20.6. The second-order valence-electron chi connectivity index (χ2n) is 22.3. The Morgan fingerprint density at radius 3 is 2.47 bits per heavy atom. The highest BCUT2D eigenvalue weighted by atomic mass is 32.2. The molecule has 77 heavy (non-hydrogen) atoms. The number of sulfonamides is 1. The number of fused-ring (bicyclic) bond motifs is 2. The number of hydrogen-bond acceptors (Lipinski definition) is 14. The average molecular weight is 1070 g/mol. The van der Waals surface area contributed by atoms with Gasteiger partial charge in [0.2, 0.25) is 6.79 Å². The van der Waals surface area contributed by atoms with Gasteiger partial charge in [-0.3, -0.25) is 24.7 Å². The molecular weight excluding hydrogens is 1000 g/mol. The van der Waals surface area contributed by atoms with Crippen LogP contribution in [0, 0.1) is 15.5 Å². The molecule has 4 aliphatic heterocycles. The molecular formula is C58H65FN8O9S. The smallest absolute Gasteiger partial charge is 0.297 e. The Morgan fingerprint density at radius 1 is 0.948 bits per heavy atom. The van der Waals surface area contributed by atoms with E-state index in [1.54, 1.807) is 24.4 Å². The van der Waals surface area contributed by atoms with Crippen LogP contribution in [0.2, 0.25) is 0 Å². The number of benzene rings is 4. The minimum Gasteiger partial charge on any atom is -0.455 e. The van der Waals surface area contributed by atoms with Crippen LogP contribution in [0.3, 0.4) is 0 Å². The number of piperazine rings is 1. The summed E-state index contributed by atoms with van der Waals surface area (Å²) in [6.45, 7) is 9.76. The number of nitrogens with one attached hydrogen (secondary N) is 3. The number of amides is 1. The number of piperidine rings is 1. The summed E-state index contributed by atoms with van der Waals surface area (Å²) in [7, 11) is -4.88. The molecule has 19 heteroatoms. The van der Waals surface area contributed by atoms with Gasteiger partial charge in [0.25, 0.3) is 21.6 Å². The van der Waals surface area contributed by atoms with E-state index in [0.29, 0.717) is 29.4 Å². The monoisotopic (exact) mass is 1070 g/mol. The van der Waals surface area contributed by atoms with E-state index >= 15 is 4.39 Å². The number of aromatic nitrogens is 2. The molecule has 3 saturated heterocycles. The molecule has 2 saturated carbocycles. The van der Waals surface area contributed by atoms with Gasteiger partial charge < -0.3 is 34.1 Å². The van der Waals surface area contributed by atoms with Crippen molar-refractivity contribution in [3.8, 4) is 23.0 Å². The molecule has 6 aliphatic rings. The Labute approximate surface area is 447 Å². The maximum Gasteiger partial charge on any atom is 0.297 e. The number of pyridine rings is 1. The first-order chi connectivity index (χ1) is 37.2. The van der Waals surface area contributed by atoms with Crippen LogP contribution >= 0.6 is 0 Å². The van der Waals surface area contributed by atoms with Crippen molar-refractivity contribution in [3.05, 3.63) is 135 Å². The zero-order valence-electron chi connectivity index (χ0n) is 43.5. The third-order valence-corrected chi connectivity index (χ3v) is 18.3. The van der Waals surface area contributed by atoms with Crippen molar-refractivity contribution in [2.75, 3.05) is 69.5 Å². The van der Waals surface area contributed by atoms with Gasteiger partial charge in [-0.1, -0.05) is 62.4 Å². The van der Waals surface area contributed by atoms with E-state index in [0.717, 1.165) is 88.0 Å². The topological polar surface area (TPSA) is 194 Å². The Kier molecular flexibility index (Phi) is 13.6. The second-order valence-corrected chi connectivity index (χ2v) is 24.0. The Hall–Kier alpha value is -6.80. The lowest BCUT2D eigenvalue weighted by Crippen LogP contribution is -2.60. The molecule has 1 atom stereocenters. The van der Waals surface area contributed by atoms with Gasteiger partial charge in [0.05, 0.1) is 16.7 Å². The number of anilines is 2. The molecule has 5 fully saturated rings. The molecule has 3 N–H and O–H groups in total. The average Bonchev–Trinajstić information content (AvgIpc) is 3.96. The summed E-state index contributed by atoms with van der Waals surface area (Å²) in [5.74, 6) is -0.0995. The number of nitrogens with zero attached hydrogens (tertiary/aromatic N) is 5. The van der Waals surface area contributed by atoms with Crippen molar-refractivity contribution in [2.45, 2.75) is 106 Å². The second kappa shape index (κ2) is 20.5. The largest absolute Gasteiger partial charge is 0.455 e. The lowest BCUT2D eigenvalue weighted by Gasteiger charge is -2.58. The van der Waals surface area contributed by atoms with Gasteiger partial charge in [-0.15, -0.1) is 0 Å². The van der Waals surface area contributed by atoms with Crippen LogP contribution in [0.5, 0.6) is 23.0 Å². The van der Waals surface area contributed by atoms with E-state index in [-0.39, 0.29) is 66.5 Å². The minimum absolute atomic E-state index is 0.0694. The van der Waals surface area contributed by atoms with Crippen molar-refractivity contribution in [2.24, 2.45) is 5.41 Å². The molecule has 17 nitrogen and oxygen atoms in total. The number of carbonyl (C=O) groups excluding carboxylic acids is 1. The Morgan fingerprint density at radius 2 is 1.71 bits per heavy atom. The third-order valence-electron chi connectivity index (χ3n) is 17.0. The summed E-state index contributed by atoms with van der Waals surface area (Å²) in [5.41, 5.74) is 4.63. The van der Waals surface area contributed by atoms with Crippen LogP contribution < -0.4 is 29.1 Å². The number of rotatable bonds is 16. The fourth-order valence-electron chi connectivity index (χ4n) is 12.5. The van der Waals surface area contributed by atoms with E-state index in [2.05, 4.69) is 97.1 Å². The predicted molar refractivity (Wildman–Crippen MR) is 289 cm³/mol. The SMILES string of the molecule is CC(C)c1ccccc1[C@@H]1CN(Cc2ccc(C3CC3)cc2)CCN1C1CC2(CCN(c3ccc(C(=O)NS(=O)(=O)c4cc([N+](=O)[O-])c(NCC5(F)CCOCC5)c5c4OCO5)c(Oc4cnc5[nH]ccc5c4)c3)CC2)C1. The summed E-state index contributed by atoms with van der Waals surface area (Å²) in [5, 5.41) is 16.0. The van der Waals surface area contributed by atoms with Crippen LogP contribution in [0.15, 0.2) is 102 Å². The molecule has 2 aromatic heterocycles. The van der Waals surface area contributed by atoms with Crippen LogP contribution in [0.1, 0.15) is 116 Å². The van der Waals surface area contributed by atoms with Gasteiger partial charge >= 0.3 is 0 Å². The Balaban J connectivity index is 0.757. The maximum absolute atomic E-state index is 15.6. The van der Waals surface area contributed by atoms with Gasteiger partial charge in [0.15, 0.2) is 17.2 Å². The summed E-state index contributed by atoms with van der Waals surface area (Å²) in [6, 6.07) is 28.6. The fraction of sp³-hybridized carbons (Fsp3) is 0.448. The molecule has 1 spiro atoms. The first kappa shape index (κ1) is 51.0. The third kappa shape index (κ3) is 10.4. The molecule has 4 aromatic carbocycles. The number of nitro benzene ring substituents is 1. The van der Waals surface area contributed by atoms with Gasteiger partial charge in [0.1, 0.15) is 27.7 Å². The molecule has 6 aromatic rings. The fourth-order valence-corrected chi connectivity index (χ4v) is 13.6. The lowest BCUT2D eigenvalue weighted by atomic mass is 9.59. The highest BCUT2D eigenvalue weighted by molar-refractivity contribution is 7.90. The molecule has 0 radical (unpaired) electrons. The first-order valence-electron chi connectivity index (χ1n) is 27.0. The van der Waals surface area contributed by atoms with E-state index in [9.17, 15) is 23.3 Å². The van der Waals surface area contributed by atoms with Crippen molar-refractivity contribution in [1.29, 1.82) is 0 Å². The van der Waals surface area contributed by atoms with Gasteiger partial charge in [-0.25, -0.2) is 22.5 Å². The van der Waals surface area contributed by atoms with E-state index < -0.39 is 43.9 Å². The molecule has 6 heterocycles. The predicted octanol–water partition coefficient (Wildman–Crippen LogP) is 10.4. The van der Waals surface area contributed by atoms with Gasteiger partial charge in [-0.05, 0) is 102 Å². The molecule has 12 rings (SSSR count). The van der Waals surface area contributed by atoms with E-state index in [1.165, 1.54) is 47.4 Å². The van der Waals surface area contributed by atoms with Crippen LogP contribution in [0.4, 0.5) is 21.5 Å². The quantitative estimate of drug-likeness (QED) is 0.0612. The lowest BCUT2D eigenvalue weighted by molar-refractivity contribution is -0.384. The van der Waals surface area contributed by atoms with Crippen molar-refractivity contribution < 1.29 is 41.5 Å². The number of carbonyl (C=O) groups is 1. The summed E-state index contributed by atoms with van der Waals surface area (Å²) in [4.78, 5) is 40.6. The molecule has 0 bridgehead atoms. The highest BCUT2D eigenvalue weighted by Gasteiger charge is 2.50. The minimum atomic E-state index is -4.88. The zero-order chi connectivity index (χ0) is 53.1. The summed E-state index contributed by atoms with van der Waals surface area (Å²) < 4.78 is 69.0. The maximum atomic E-state index is 15.6. The highest BCUT2D eigenvalue weighted by Crippen LogP contribution is 2.54. The first-order valence-corrected chi connectivity index (χ1v) is 28.5. The van der Waals surface area contributed by atoms with Crippen LogP contribution in [-0.2, 0) is 21.3 Å². The standard InChI is InChI=1S/C58H65FN8O9S/c1-37(2)45-5-3-4-6-46(45)49-34-64(33-38-7-9-39(10-8-38)40-11-12-40)23-24-66(49)43-30-57(31-43)16-21-65(22-17-57)42-13-14-47(50(28-42)76-44-27-41-15-20-60-55(41)61-32-44)56(68)63-77(71,72)51-29-48(67(69)70)52(54-53(51)74-36-75-54)62-35-58(59)18-25-73-26-19-58/h3-10,13-15,20,27-29,32,37,40,43,49,62H,11-12,16-19,21-26,30-31,33-36H2,1-2H3,(H,60,61)(H,63,68)/t49-/m0/s1.